The van der Waals surface area contributed by atoms with Crippen LogP contribution >= 0.6 is 23.2 Å². The van der Waals surface area contributed by atoms with Gasteiger partial charge in [0, 0.05) is 26.3 Å². The number of urea groups is 1. The maximum Gasteiger partial charge on any atom is 0.319 e. The number of nitrogens with zero attached hydrogens (tertiary/aromatic N) is 1. The van der Waals surface area contributed by atoms with E-state index in [-0.39, 0.29) is 12.3 Å². The van der Waals surface area contributed by atoms with Gasteiger partial charge in [-0.05, 0) is 18.2 Å². The van der Waals surface area contributed by atoms with E-state index in [1.165, 1.54) is 20.2 Å². The minimum atomic E-state index is -3.33. The molecule has 0 heterocycles. The molecule has 0 fully saturated rings. The van der Waals surface area contributed by atoms with Gasteiger partial charge in [0.15, 0.2) is 0 Å². The highest BCUT2D eigenvalue weighted by molar-refractivity contribution is 7.89. The number of halogens is 2. The minimum absolute atomic E-state index is 0.00761. The molecule has 9 heteroatoms. The summed E-state index contributed by atoms with van der Waals surface area (Å²) in [7, 11) is -0.456. The molecule has 0 aliphatic heterocycles. The van der Waals surface area contributed by atoms with Gasteiger partial charge in [0.05, 0.1) is 15.8 Å². The molecule has 0 aliphatic rings. The lowest BCUT2D eigenvalue weighted by Gasteiger charge is -2.12. The van der Waals surface area contributed by atoms with Gasteiger partial charge in [-0.25, -0.2) is 17.5 Å². The topological polar surface area (TPSA) is 78.5 Å². The van der Waals surface area contributed by atoms with Gasteiger partial charge < -0.3 is 10.6 Å². The van der Waals surface area contributed by atoms with Crippen LogP contribution in [0.2, 0.25) is 10.0 Å². The molecule has 20 heavy (non-hydrogen) atoms. The van der Waals surface area contributed by atoms with Crippen molar-refractivity contribution in [3.63, 3.8) is 0 Å². The Morgan fingerprint density at radius 2 is 1.90 bits per heavy atom. The third kappa shape index (κ3) is 5.16. The third-order valence-electron chi connectivity index (χ3n) is 2.38. The molecule has 0 aromatic heterocycles. The highest BCUT2D eigenvalue weighted by atomic mass is 35.5. The SMILES string of the molecule is CN(C)S(=O)(=O)CCNC(=O)Nc1ccc(Cl)c(Cl)c1. The number of benzene rings is 1. The number of carbonyl (C=O) groups is 1. The van der Waals surface area contributed by atoms with Gasteiger partial charge in [-0.15, -0.1) is 0 Å². The first-order chi connectivity index (χ1) is 9.22. The third-order valence-corrected chi connectivity index (χ3v) is 4.95. The number of anilines is 1. The van der Waals surface area contributed by atoms with Crippen LogP contribution in [-0.4, -0.2) is 45.1 Å². The van der Waals surface area contributed by atoms with Gasteiger partial charge in [-0.2, -0.15) is 0 Å². The Morgan fingerprint density at radius 1 is 1.25 bits per heavy atom. The average molecular weight is 340 g/mol. The summed E-state index contributed by atoms with van der Waals surface area (Å²) in [5.41, 5.74) is 0.465. The zero-order valence-electron chi connectivity index (χ0n) is 11.0. The highest BCUT2D eigenvalue weighted by Gasteiger charge is 2.13. The largest absolute Gasteiger partial charge is 0.337 e. The molecule has 2 amide bonds. The second-order valence-corrected chi connectivity index (χ2v) is 7.22. The molecule has 1 aromatic carbocycles. The molecule has 0 saturated carbocycles. The number of hydrogen-bond acceptors (Lipinski definition) is 3. The number of amides is 2. The van der Waals surface area contributed by atoms with E-state index in [0.717, 1.165) is 4.31 Å². The second-order valence-electron chi connectivity index (χ2n) is 4.11. The molecule has 0 spiro atoms. The van der Waals surface area contributed by atoms with E-state index < -0.39 is 16.1 Å². The molecule has 1 rings (SSSR count). The van der Waals surface area contributed by atoms with E-state index in [9.17, 15) is 13.2 Å². The first-order valence-corrected chi connectivity index (χ1v) is 7.99. The number of sulfonamides is 1. The Hall–Kier alpha value is -1.02. The fourth-order valence-corrected chi connectivity index (χ4v) is 2.25. The molecular formula is C11H15Cl2N3O3S. The normalized spacial score (nSPS) is 11.4. The van der Waals surface area contributed by atoms with E-state index in [4.69, 9.17) is 23.2 Å². The van der Waals surface area contributed by atoms with Crippen molar-refractivity contribution in [2.24, 2.45) is 0 Å². The Labute approximate surface area is 128 Å². The van der Waals surface area contributed by atoms with Crippen LogP contribution in [0, 0.1) is 0 Å². The van der Waals surface area contributed by atoms with Gasteiger partial charge in [-0.1, -0.05) is 23.2 Å². The lowest BCUT2D eigenvalue weighted by atomic mass is 10.3. The molecule has 0 radical (unpaired) electrons. The summed E-state index contributed by atoms with van der Waals surface area (Å²) >= 11 is 11.6. The predicted molar refractivity (Wildman–Crippen MR) is 81.0 cm³/mol. The Balaban J connectivity index is 2.47. The molecule has 0 atom stereocenters. The number of carbonyl (C=O) groups excluding carboxylic acids is 1. The van der Waals surface area contributed by atoms with Crippen molar-refractivity contribution < 1.29 is 13.2 Å². The Bertz CT molecular complexity index is 591. The zero-order valence-corrected chi connectivity index (χ0v) is 13.3. The Kier molecular flexibility index (Phi) is 6.07. The molecule has 0 saturated heterocycles. The van der Waals surface area contributed by atoms with E-state index in [2.05, 4.69) is 10.6 Å². The second kappa shape index (κ2) is 7.12. The van der Waals surface area contributed by atoms with Gasteiger partial charge in [0.1, 0.15) is 0 Å². The lowest BCUT2D eigenvalue weighted by molar-refractivity contribution is 0.252. The fourth-order valence-electron chi connectivity index (χ4n) is 1.23. The summed E-state index contributed by atoms with van der Waals surface area (Å²) in [4.78, 5) is 11.6. The molecule has 6 nitrogen and oxygen atoms in total. The van der Waals surface area contributed by atoms with E-state index >= 15 is 0 Å². The molecule has 0 aliphatic carbocycles. The van der Waals surface area contributed by atoms with Crippen molar-refractivity contribution in [2.75, 3.05) is 31.7 Å². The van der Waals surface area contributed by atoms with Gasteiger partial charge in [0.2, 0.25) is 10.0 Å². The van der Waals surface area contributed by atoms with Crippen LogP contribution in [0.15, 0.2) is 18.2 Å². The van der Waals surface area contributed by atoms with Crippen molar-refractivity contribution in [2.45, 2.75) is 0 Å². The van der Waals surface area contributed by atoms with Crippen molar-refractivity contribution in [1.82, 2.24) is 9.62 Å². The maximum absolute atomic E-state index is 11.6. The van der Waals surface area contributed by atoms with Crippen LogP contribution in [0.1, 0.15) is 0 Å². The van der Waals surface area contributed by atoms with Crippen LogP contribution in [0.3, 0.4) is 0 Å². The van der Waals surface area contributed by atoms with Crippen molar-refractivity contribution in [1.29, 1.82) is 0 Å². The van der Waals surface area contributed by atoms with E-state index in [1.807, 2.05) is 0 Å². The predicted octanol–water partition coefficient (Wildman–Crippen LogP) is 2.01. The van der Waals surface area contributed by atoms with Gasteiger partial charge in [0.25, 0.3) is 0 Å². The van der Waals surface area contributed by atoms with E-state index in [0.29, 0.717) is 15.7 Å². The first-order valence-electron chi connectivity index (χ1n) is 5.62. The van der Waals surface area contributed by atoms with Gasteiger partial charge in [-0.3, -0.25) is 0 Å². The van der Waals surface area contributed by atoms with Crippen LogP contribution in [0.4, 0.5) is 10.5 Å². The molecule has 1 aromatic rings. The van der Waals surface area contributed by atoms with Crippen molar-refractivity contribution in [3.8, 4) is 0 Å². The lowest BCUT2D eigenvalue weighted by Crippen LogP contribution is -2.36. The number of hydrogen-bond donors (Lipinski definition) is 2. The van der Waals surface area contributed by atoms with Crippen LogP contribution in [-0.2, 0) is 10.0 Å². The van der Waals surface area contributed by atoms with Crippen LogP contribution in [0.25, 0.3) is 0 Å². The van der Waals surface area contributed by atoms with Crippen LogP contribution < -0.4 is 10.6 Å². The summed E-state index contributed by atoms with van der Waals surface area (Å²) in [5, 5.41) is 5.67. The maximum atomic E-state index is 11.6. The van der Waals surface area contributed by atoms with Gasteiger partial charge >= 0.3 is 6.03 Å². The zero-order chi connectivity index (χ0) is 15.3. The average Bonchev–Trinajstić information content (AvgIpc) is 2.33. The quantitative estimate of drug-likeness (QED) is 0.861. The van der Waals surface area contributed by atoms with E-state index in [1.54, 1.807) is 12.1 Å². The number of nitrogens with one attached hydrogen (secondary N) is 2. The molecule has 0 bridgehead atoms. The minimum Gasteiger partial charge on any atom is -0.337 e. The monoisotopic (exact) mass is 339 g/mol. The summed E-state index contributed by atoms with van der Waals surface area (Å²) in [5.74, 6) is -0.172. The summed E-state index contributed by atoms with van der Waals surface area (Å²) in [6.07, 6.45) is 0. The van der Waals surface area contributed by atoms with Crippen molar-refractivity contribution >= 4 is 44.9 Å². The molecule has 112 valence electrons. The Morgan fingerprint density at radius 3 is 2.45 bits per heavy atom. The molecular weight excluding hydrogens is 325 g/mol. The van der Waals surface area contributed by atoms with Crippen molar-refractivity contribution in [3.05, 3.63) is 28.2 Å². The van der Waals surface area contributed by atoms with Crippen LogP contribution in [0.5, 0.6) is 0 Å². The summed E-state index contributed by atoms with van der Waals surface area (Å²) in [6, 6.07) is 4.12. The number of rotatable bonds is 5. The molecule has 0 unspecified atom stereocenters. The molecule has 2 N–H and O–H groups in total. The highest BCUT2D eigenvalue weighted by Crippen LogP contribution is 2.24. The smallest absolute Gasteiger partial charge is 0.319 e. The first kappa shape index (κ1) is 17.0. The summed E-state index contributed by atoms with van der Waals surface area (Å²) < 4.78 is 24.1. The fraction of sp³-hybridized carbons (Fsp3) is 0.364. The standard InChI is InChI=1S/C11H15Cl2N3O3S/c1-16(2)20(18,19)6-5-14-11(17)15-8-3-4-9(12)10(13)7-8/h3-4,7H,5-6H2,1-2H3,(H2,14,15,17). The summed E-state index contributed by atoms with van der Waals surface area (Å²) in [6.45, 7) is 0.00761.